The standard InChI is InChI=1S/C19H24N2O2/c1-4-14-9-8-10-15(5-2)19(14)20-13-18(22)21-16-11-6-7-12-17(16)23-3/h6-12,20H,4-5,13H2,1-3H3,(H,21,22). The summed E-state index contributed by atoms with van der Waals surface area (Å²) in [4.78, 5) is 12.2. The van der Waals surface area contributed by atoms with Gasteiger partial charge in [-0.25, -0.2) is 0 Å². The lowest BCUT2D eigenvalue weighted by atomic mass is 10.0. The van der Waals surface area contributed by atoms with Gasteiger partial charge in [0.05, 0.1) is 19.3 Å². The summed E-state index contributed by atoms with van der Waals surface area (Å²) < 4.78 is 5.25. The van der Waals surface area contributed by atoms with Crippen molar-refractivity contribution >= 4 is 17.3 Å². The Kier molecular flexibility index (Phi) is 6.03. The second kappa shape index (κ2) is 8.22. The molecule has 0 aromatic heterocycles. The second-order valence-corrected chi connectivity index (χ2v) is 5.26. The van der Waals surface area contributed by atoms with Crippen LogP contribution in [0.4, 0.5) is 11.4 Å². The minimum atomic E-state index is -0.0949. The number of para-hydroxylation sites is 3. The van der Waals surface area contributed by atoms with Crippen LogP contribution in [0.25, 0.3) is 0 Å². The zero-order valence-electron chi connectivity index (χ0n) is 14.0. The Morgan fingerprint density at radius 2 is 1.65 bits per heavy atom. The first-order valence-corrected chi connectivity index (χ1v) is 7.97. The number of carbonyl (C=O) groups is 1. The van der Waals surface area contributed by atoms with Crippen molar-refractivity contribution < 1.29 is 9.53 Å². The summed E-state index contributed by atoms with van der Waals surface area (Å²) in [6.07, 6.45) is 1.87. The van der Waals surface area contributed by atoms with Crippen molar-refractivity contribution in [2.24, 2.45) is 0 Å². The lowest BCUT2D eigenvalue weighted by Crippen LogP contribution is -2.23. The number of ether oxygens (including phenoxy) is 1. The van der Waals surface area contributed by atoms with Gasteiger partial charge in [0.1, 0.15) is 5.75 Å². The minimum absolute atomic E-state index is 0.0949. The number of hydrogen-bond acceptors (Lipinski definition) is 3. The monoisotopic (exact) mass is 312 g/mol. The summed E-state index contributed by atoms with van der Waals surface area (Å²) in [5, 5.41) is 6.17. The molecule has 0 fully saturated rings. The first-order chi connectivity index (χ1) is 11.2. The van der Waals surface area contributed by atoms with Crippen molar-refractivity contribution in [2.75, 3.05) is 24.3 Å². The highest BCUT2D eigenvalue weighted by Crippen LogP contribution is 2.24. The van der Waals surface area contributed by atoms with Gasteiger partial charge < -0.3 is 15.4 Å². The number of benzene rings is 2. The summed E-state index contributed by atoms with van der Waals surface area (Å²) in [6, 6.07) is 13.7. The molecule has 1 amide bonds. The summed E-state index contributed by atoms with van der Waals surface area (Å²) in [5.74, 6) is 0.562. The van der Waals surface area contributed by atoms with E-state index in [0.717, 1.165) is 18.5 Å². The Hall–Kier alpha value is -2.49. The molecule has 2 N–H and O–H groups in total. The number of rotatable bonds is 7. The Labute approximate surface area is 137 Å². The molecule has 0 saturated carbocycles. The molecule has 2 aromatic carbocycles. The van der Waals surface area contributed by atoms with Gasteiger partial charge in [0, 0.05) is 5.69 Å². The first kappa shape index (κ1) is 16.9. The molecular weight excluding hydrogens is 288 g/mol. The molecule has 23 heavy (non-hydrogen) atoms. The Bertz CT molecular complexity index is 646. The van der Waals surface area contributed by atoms with Gasteiger partial charge in [-0.2, -0.15) is 0 Å². The van der Waals surface area contributed by atoms with E-state index < -0.39 is 0 Å². The molecule has 0 atom stereocenters. The average Bonchev–Trinajstić information content (AvgIpc) is 2.59. The summed E-state index contributed by atoms with van der Waals surface area (Å²) in [6.45, 7) is 4.46. The second-order valence-electron chi connectivity index (χ2n) is 5.26. The summed E-state index contributed by atoms with van der Waals surface area (Å²) >= 11 is 0. The average molecular weight is 312 g/mol. The van der Waals surface area contributed by atoms with Crippen LogP contribution in [0.5, 0.6) is 5.75 Å². The highest BCUT2D eigenvalue weighted by molar-refractivity contribution is 5.95. The van der Waals surface area contributed by atoms with E-state index in [2.05, 4.69) is 42.7 Å². The molecule has 122 valence electrons. The van der Waals surface area contributed by atoms with Gasteiger partial charge in [-0.3, -0.25) is 4.79 Å². The van der Waals surface area contributed by atoms with Crippen LogP contribution in [-0.4, -0.2) is 19.6 Å². The Morgan fingerprint density at radius 3 is 2.26 bits per heavy atom. The van der Waals surface area contributed by atoms with Gasteiger partial charge >= 0.3 is 0 Å². The fraction of sp³-hybridized carbons (Fsp3) is 0.316. The van der Waals surface area contributed by atoms with E-state index in [1.165, 1.54) is 11.1 Å². The molecular formula is C19H24N2O2. The zero-order chi connectivity index (χ0) is 16.7. The molecule has 0 radical (unpaired) electrons. The van der Waals surface area contributed by atoms with E-state index in [4.69, 9.17) is 4.74 Å². The van der Waals surface area contributed by atoms with E-state index in [1.54, 1.807) is 7.11 Å². The van der Waals surface area contributed by atoms with Crippen molar-refractivity contribution in [2.45, 2.75) is 26.7 Å². The van der Waals surface area contributed by atoms with Gasteiger partial charge in [0.25, 0.3) is 0 Å². The molecule has 0 aliphatic heterocycles. The predicted molar refractivity (Wildman–Crippen MR) is 95.3 cm³/mol. The van der Waals surface area contributed by atoms with E-state index >= 15 is 0 Å². The molecule has 4 nitrogen and oxygen atoms in total. The number of amides is 1. The van der Waals surface area contributed by atoms with E-state index in [0.29, 0.717) is 11.4 Å². The van der Waals surface area contributed by atoms with Gasteiger partial charge in [-0.1, -0.05) is 44.2 Å². The fourth-order valence-corrected chi connectivity index (χ4v) is 2.58. The van der Waals surface area contributed by atoms with Crippen molar-refractivity contribution in [3.05, 3.63) is 53.6 Å². The maximum absolute atomic E-state index is 12.2. The molecule has 0 aliphatic rings. The topological polar surface area (TPSA) is 50.4 Å². The van der Waals surface area contributed by atoms with Crippen LogP contribution in [0, 0.1) is 0 Å². The molecule has 0 unspecified atom stereocenters. The molecule has 0 saturated heterocycles. The Balaban J connectivity index is 2.05. The number of aryl methyl sites for hydroxylation is 2. The summed E-state index contributed by atoms with van der Waals surface area (Å²) in [7, 11) is 1.59. The van der Waals surface area contributed by atoms with Crippen LogP contribution < -0.4 is 15.4 Å². The van der Waals surface area contributed by atoms with Crippen LogP contribution >= 0.6 is 0 Å². The maximum Gasteiger partial charge on any atom is 0.243 e. The van der Waals surface area contributed by atoms with Gasteiger partial charge in [0.2, 0.25) is 5.91 Å². The summed E-state index contributed by atoms with van der Waals surface area (Å²) in [5.41, 5.74) is 4.22. The van der Waals surface area contributed by atoms with Crippen LogP contribution in [0.15, 0.2) is 42.5 Å². The number of carbonyl (C=O) groups excluding carboxylic acids is 1. The van der Waals surface area contributed by atoms with Crippen LogP contribution in [0.3, 0.4) is 0 Å². The molecule has 4 heteroatoms. The number of hydrogen-bond donors (Lipinski definition) is 2. The molecule has 0 aliphatic carbocycles. The third-order valence-electron chi connectivity index (χ3n) is 3.81. The molecule has 2 aromatic rings. The van der Waals surface area contributed by atoms with Gasteiger partial charge in [-0.05, 0) is 36.1 Å². The van der Waals surface area contributed by atoms with Crippen molar-refractivity contribution in [3.8, 4) is 5.75 Å². The van der Waals surface area contributed by atoms with Crippen molar-refractivity contribution in [1.29, 1.82) is 0 Å². The largest absolute Gasteiger partial charge is 0.495 e. The zero-order valence-corrected chi connectivity index (χ0v) is 14.0. The van der Waals surface area contributed by atoms with E-state index in [1.807, 2.05) is 24.3 Å². The fourth-order valence-electron chi connectivity index (χ4n) is 2.58. The smallest absolute Gasteiger partial charge is 0.243 e. The first-order valence-electron chi connectivity index (χ1n) is 7.97. The van der Waals surface area contributed by atoms with Crippen molar-refractivity contribution in [1.82, 2.24) is 0 Å². The highest BCUT2D eigenvalue weighted by Gasteiger charge is 2.10. The van der Waals surface area contributed by atoms with Gasteiger partial charge in [0.15, 0.2) is 0 Å². The lowest BCUT2D eigenvalue weighted by molar-refractivity contribution is -0.114. The lowest BCUT2D eigenvalue weighted by Gasteiger charge is -2.16. The maximum atomic E-state index is 12.2. The highest BCUT2D eigenvalue weighted by atomic mass is 16.5. The third-order valence-corrected chi connectivity index (χ3v) is 3.81. The quantitative estimate of drug-likeness (QED) is 0.816. The molecule has 0 heterocycles. The number of methoxy groups -OCH3 is 1. The van der Waals surface area contributed by atoms with Crippen LogP contribution in [0.2, 0.25) is 0 Å². The van der Waals surface area contributed by atoms with Crippen LogP contribution in [0.1, 0.15) is 25.0 Å². The van der Waals surface area contributed by atoms with E-state index in [-0.39, 0.29) is 12.5 Å². The molecule has 2 rings (SSSR count). The number of nitrogens with one attached hydrogen (secondary N) is 2. The SMILES string of the molecule is CCc1cccc(CC)c1NCC(=O)Nc1ccccc1OC. The molecule has 0 bridgehead atoms. The molecule has 0 spiro atoms. The Morgan fingerprint density at radius 1 is 1.00 bits per heavy atom. The third kappa shape index (κ3) is 4.25. The normalized spacial score (nSPS) is 10.2. The van der Waals surface area contributed by atoms with Crippen molar-refractivity contribution in [3.63, 3.8) is 0 Å². The van der Waals surface area contributed by atoms with Gasteiger partial charge in [-0.15, -0.1) is 0 Å². The predicted octanol–water partition coefficient (Wildman–Crippen LogP) is 3.87. The van der Waals surface area contributed by atoms with Crippen LogP contribution in [-0.2, 0) is 17.6 Å². The minimum Gasteiger partial charge on any atom is -0.495 e. The number of anilines is 2. The van der Waals surface area contributed by atoms with E-state index in [9.17, 15) is 4.79 Å².